The predicted octanol–water partition coefficient (Wildman–Crippen LogP) is 2.24. The Kier molecular flexibility index (Phi) is 10.9. The molecule has 0 unspecified atom stereocenters. The Bertz CT molecular complexity index is 931. The molecule has 2 atom stereocenters. The molecule has 0 bridgehead atoms. The Morgan fingerprint density at radius 1 is 0.684 bits per heavy atom. The Morgan fingerprint density at radius 3 is 1.61 bits per heavy atom. The fraction of sp³-hybridized carbons (Fsp3) is 0.571. The zero-order valence-electron chi connectivity index (χ0n) is 22.3. The molecule has 38 heavy (non-hydrogen) atoms. The molecule has 210 valence electrons. The lowest BCUT2D eigenvalue weighted by Crippen LogP contribution is -2.44. The highest BCUT2D eigenvalue weighted by Gasteiger charge is 2.19. The van der Waals surface area contributed by atoms with Crippen molar-refractivity contribution >= 4 is 0 Å². The number of hydrogen-bond donors (Lipinski definition) is 2. The van der Waals surface area contributed by atoms with E-state index in [0.29, 0.717) is 37.8 Å². The fourth-order valence-corrected chi connectivity index (χ4v) is 4.47. The van der Waals surface area contributed by atoms with E-state index >= 15 is 0 Å². The lowest BCUT2D eigenvalue weighted by molar-refractivity contribution is -0.0171. The van der Waals surface area contributed by atoms with Crippen LogP contribution in [0.3, 0.4) is 0 Å². The quantitative estimate of drug-likeness (QED) is 0.315. The van der Waals surface area contributed by atoms with Gasteiger partial charge in [-0.05, 0) is 48.5 Å². The summed E-state index contributed by atoms with van der Waals surface area (Å²) in [5.74, 6) is 2.89. The van der Waals surface area contributed by atoms with Gasteiger partial charge >= 0.3 is 0 Å². The highest BCUT2D eigenvalue weighted by molar-refractivity contribution is 5.45. The van der Waals surface area contributed by atoms with Crippen LogP contribution in [0.2, 0.25) is 0 Å². The number of ether oxygens (including phenoxy) is 6. The van der Waals surface area contributed by atoms with E-state index in [1.807, 2.05) is 36.4 Å². The summed E-state index contributed by atoms with van der Waals surface area (Å²) in [4.78, 5) is 4.39. The van der Waals surface area contributed by atoms with Crippen molar-refractivity contribution in [2.45, 2.75) is 39.3 Å². The van der Waals surface area contributed by atoms with Crippen LogP contribution in [0.1, 0.15) is 25.0 Å². The van der Waals surface area contributed by atoms with E-state index in [9.17, 15) is 10.2 Å². The molecule has 4 rings (SSSR count). The third-order valence-corrected chi connectivity index (χ3v) is 6.60. The summed E-state index contributed by atoms with van der Waals surface area (Å²) in [5, 5.41) is 21.4. The number of aliphatic hydroxyl groups excluding tert-OH is 2. The van der Waals surface area contributed by atoms with E-state index in [1.54, 1.807) is 0 Å². The summed E-state index contributed by atoms with van der Waals surface area (Å²) in [6.07, 6.45) is -1.38. The molecule has 0 aromatic heterocycles. The first kappa shape index (κ1) is 28.4. The van der Waals surface area contributed by atoms with Crippen molar-refractivity contribution in [1.29, 1.82) is 0 Å². The smallest absolute Gasteiger partial charge is 0.231 e. The van der Waals surface area contributed by atoms with Crippen LogP contribution >= 0.6 is 0 Å². The molecule has 2 aliphatic rings. The molecule has 2 aromatic rings. The molecule has 2 heterocycles. The van der Waals surface area contributed by atoms with Crippen molar-refractivity contribution in [1.82, 2.24) is 9.80 Å². The zero-order chi connectivity index (χ0) is 26.7. The van der Waals surface area contributed by atoms with Crippen LogP contribution in [0.5, 0.6) is 23.0 Å². The maximum Gasteiger partial charge on any atom is 0.231 e. The average molecular weight is 533 g/mol. The molecular formula is C28H40N2O8. The van der Waals surface area contributed by atoms with Gasteiger partial charge in [-0.1, -0.05) is 26.0 Å². The molecule has 2 aliphatic heterocycles. The highest BCUT2D eigenvalue weighted by Crippen LogP contribution is 2.33. The van der Waals surface area contributed by atoms with E-state index in [1.165, 1.54) is 0 Å². The number of aliphatic hydroxyl groups is 2. The van der Waals surface area contributed by atoms with Gasteiger partial charge in [0.15, 0.2) is 23.0 Å². The van der Waals surface area contributed by atoms with Gasteiger partial charge < -0.3 is 43.5 Å². The molecule has 0 spiro atoms. The van der Waals surface area contributed by atoms with Crippen LogP contribution in [0, 0.1) is 0 Å². The van der Waals surface area contributed by atoms with Crippen molar-refractivity contribution in [3.63, 3.8) is 0 Å². The molecule has 0 fully saturated rings. The van der Waals surface area contributed by atoms with E-state index in [-0.39, 0.29) is 26.8 Å². The zero-order valence-corrected chi connectivity index (χ0v) is 22.3. The Morgan fingerprint density at radius 2 is 1.13 bits per heavy atom. The minimum absolute atomic E-state index is 0.187. The third kappa shape index (κ3) is 8.45. The van der Waals surface area contributed by atoms with Crippen molar-refractivity contribution in [3.05, 3.63) is 47.5 Å². The van der Waals surface area contributed by atoms with Gasteiger partial charge in [0.05, 0.1) is 38.6 Å². The molecule has 0 saturated carbocycles. The van der Waals surface area contributed by atoms with Gasteiger partial charge in [0.1, 0.15) is 0 Å². The summed E-state index contributed by atoms with van der Waals surface area (Å²) < 4.78 is 33.0. The molecular weight excluding hydrogens is 492 g/mol. The van der Waals surface area contributed by atoms with E-state index in [4.69, 9.17) is 28.4 Å². The highest BCUT2D eigenvalue weighted by atomic mass is 16.7. The molecule has 2 aromatic carbocycles. The lowest BCUT2D eigenvalue weighted by atomic mass is 10.2. The van der Waals surface area contributed by atoms with Crippen molar-refractivity contribution in [3.8, 4) is 23.0 Å². The fourth-order valence-electron chi connectivity index (χ4n) is 4.47. The number of nitrogens with zero attached hydrogens (tertiary/aromatic N) is 2. The Balaban J connectivity index is 1.21. The van der Waals surface area contributed by atoms with E-state index in [2.05, 4.69) is 23.6 Å². The third-order valence-electron chi connectivity index (χ3n) is 6.60. The largest absolute Gasteiger partial charge is 0.454 e. The van der Waals surface area contributed by atoms with Crippen LogP contribution < -0.4 is 18.9 Å². The second-order valence-electron chi connectivity index (χ2n) is 9.50. The van der Waals surface area contributed by atoms with Gasteiger partial charge in [0.2, 0.25) is 13.6 Å². The van der Waals surface area contributed by atoms with Gasteiger partial charge in [-0.3, -0.25) is 4.90 Å². The maximum atomic E-state index is 10.7. The van der Waals surface area contributed by atoms with Gasteiger partial charge in [-0.2, -0.15) is 0 Å². The summed E-state index contributed by atoms with van der Waals surface area (Å²) >= 11 is 0. The second-order valence-corrected chi connectivity index (χ2v) is 9.50. The Hall–Kier alpha value is -2.60. The number of fused-ring (bicyclic) bond motifs is 2. The first-order chi connectivity index (χ1) is 18.5. The SMILES string of the molecule is CCN(CC)CCN(C[C@H](O)COCc1ccc2c(c1)OCO2)C[C@H](O)COCc1ccc2c(c1)OCO2. The minimum atomic E-state index is -0.692. The maximum absolute atomic E-state index is 10.7. The van der Waals surface area contributed by atoms with Crippen LogP contribution in [0.25, 0.3) is 0 Å². The van der Waals surface area contributed by atoms with E-state index in [0.717, 1.165) is 48.8 Å². The number of likely N-dealkylation sites (N-methyl/N-ethyl adjacent to an activating group) is 1. The van der Waals surface area contributed by atoms with Gasteiger partial charge in [0.25, 0.3) is 0 Å². The van der Waals surface area contributed by atoms with Gasteiger partial charge in [-0.15, -0.1) is 0 Å². The summed E-state index contributed by atoms with van der Waals surface area (Å²) in [6.45, 7) is 10.1. The van der Waals surface area contributed by atoms with E-state index < -0.39 is 12.2 Å². The minimum Gasteiger partial charge on any atom is -0.454 e. The lowest BCUT2D eigenvalue weighted by Gasteiger charge is -2.29. The predicted molar refractivity (Wildman–Crippen MR) is 141 cm³/mol. The molecule has 10 nitrogen and oxygen atoms in total. The van der Waals surface area contributed by atoms with Crippen LogP contribution in [0.15, 0.2) is 36.4 Å². The molecule has 0 saturated heterocycles. The summed E-state index contributed by atoms with van der Waals surface area (Å²) in [7, 11) is 0. The normalized spacial score (nSPS) is 15.4. The summed E-state index contributed by atoms with van der Waals surface area (Å²) in [6, 6.07) is 11.4. The number of rotatable bonds is 17. The molecule has 2 N–H and O–H groups in total. The first-order valence-corrected chi connectivity index (χ1v) is 13.3. The number of benzene rings is 2. The van der Waals surface area contributed by atoms with Crippen molar-refractivity contribution in [2.75, 3.05) is 66.1 Å². The summed E-state index contributed by atoms with van der Waals surface area (Å²) in [5.41, 5.74) is 1.91. The monoisotopic (exact) mass is 532 g/mol. The van der Waals surface area contributed by atoms with Crippen molar-refractivity contribution < 1.29 is 38.6 Å². The van der Waals surface area contributed by atoms with Crippen LogP contribution in [-0.2, 0) is 22.7 Å². The molecule has 0 aliphatic carbocycles. The van der Waals surface area contributed by atoms with Crippen LogP contribution in [0.4, 0.5) is 0 Å². The van der Waals surface area contributed by atoms with Crippen LogP contribution in [-0.4, -0.2) is 98.3 Å². The number of hydrogen-bond acceptors (Lipinski definition) is 10. The standard InChI is InChI=1S/C28H40N2O8/c1-3-29(4-2)9-10-30(13-23(31)17-33-15-21-5-7-25-27(11-21)37-19-35-25)14-24(32)18-34-16-22-6-8-26-28(12-22)38-20-36-26/h5-8,11-12,23-24,31-32H,3-4,9-10,13-20H2,1-2H3/t23-,24-/m0/s1. The van der Waals surface area contributed by atoms with Gasteiger partial charge in [0, 0.05) is 26.2 Å². The average Bonchev–Trinajstić information content (AvgIpc) is 3.58. The molecule has 0 radical (unpaired) electrons. The Labute approximate surface area is 224 Å². The van der Waals surface area contributed by atoms with Crippen molar-refractivity contribution in [2.24, 2.45) is 0 Å². The topological polar surface area (TPSA) is 102 Å². The molecule has 10 heteroatoms. The van der Waals surface area contributed by atoms with Gasteiger partial charge in [-0.25, -0.2) is 0 Å². The molecule has 0 amide bonds. The first-order valence-electron chi connectivity index (χ1n) is 13.3. The second kappa shape index (κ2) is 14.5.